The number of ketones is 1. The van der Waals surface area contributed by atoms with Gasteiger partial charge < -0.3 is 15.3 Å². The maximum atomic E-state index is 11.3. The lowest BCUT2D eigenvalue weighted by molar-refractivity contribution is 0.0901. The van der Waals surface area contributed by atoms with Crippen LogP contribution in [0.5, 0.6) is 0 Å². The van der Waals surface area contributed by atoms with Gasteiger partial charge in [0, 0.05) is 12.0 Å². The van der Waals surface area contributed by atoms with Crippen LogP contribution in [0.4, 0.5) is 4.79 Å². The van der Waals surface area contributed by atoms with Crippen LogP contribution in [-0.4, -0.2) is 33.4 Å². The first kappa shape index (κ1) is 14.1. The summed E-state index contributed by atoms with van der Waals surface area (Å²) in [4.78, 5) is 19.9. The Morgan fingerprint density at radius 2 is 1.62 bits per heavy atom. The van der Waals surface area contributed by atoms with Gasteiger partial charge in [-0.1, -0.05) is 30.3 Å². The van der Waals surface area contributed by atoms with Crippen molar-refractivity contribution in [2.24, 2.45) is 0 Å². The predicted octanol–water partition coefficient (Wildman–Crippen LogP) is 1.86. The molecule has 0 saturated carbocycles. The quantitative estimate of drug-likeness (QED) is 0.684. The molecule has 0 aromatic heterocycles. The Labute approximate surface area is 93.0 Å². The molecule has 0 aliphatic heterocycles. The van der Waals surface area contributed by atoms with E-state index in [2.05, 4.69) is 0 Å². The number of carboxylic acid groups (broad SMARTS) is 2. The summed E-state index contributed by atoms with van der Waals surface area (Å²) in [6.45, 7) is 1.61. The minimum absolute atomic E-state index is 0.00870. The topological polar surface area (TPSA) is 94.8 Å². The number of Topliss-reactive ketones (excluding diaryl/α,β-unsaturated/α-hetero) is 1. The van der Waals surface area contributed by atoms with Crippen LogP contribution in [0.15, 0.2) is 30.3 Å². The van der Waals surface area contributed by atoms with E-state index >= 15 is 0 Å². The van der Waals surface area contributed by atoms with Gasteiger partial charge in [0.15, 0.2) is 5.78 Å². The van der Waals surface area contributed by atoms with Crippen LogP contribution in [0.25, 0.3) is 0 Å². The predicted molar refractivity (Wildman–Crippen MR) is 57.7 cm³/mol. The van der Waals surface area contributed by atoms with Crippen LogP contribution in [0.3, 0.4) is 0 Å². The van der Waals surface area contributed by atoms with Crippen LogP contribution < -0.4 is 0 Å². The zero-order valence-corrected chi connectivity index (χ0v) is 8.83. The lowest BCUT2D eigenvalue weighted by atomic mass is 10.1. The van der Waals surface area contributed by atoms with E-state index in [-0.39, 0.29) is 12.2 Å². The van der Waals surface area contributed by atoms with Crippen LogP contribution in [0, 0.1) is 0 Å². The highest BCUT2D eigenvalue weighted by Crippen LogP contribution is 2.04. The molecule has 0 radical (unpaired) electrons. The second kappa shape index (κ2) is 7.42. The van der Waals surface area contributed by atoms with Crippen LogP contribution in [0.1, 0.15) is 23.7 Å². The lowest BCUT2D eigenvalue weighted by Gasteiger charge is -2.02. The Morgan fingerprint density at radius 1 is 1.19 bits per heavy atom. The standard InChI is InChI=1S/C10H12O2.CH2O3/c1-8(11)7-10(12)9-5-3-2-4-6-9;2-1(3)4/h2-6,8,11H,7H2,1H3;(H2,2,3,4)/t8-;/m0./s1. The van der Waals surface area contributed by atoms with Gasteiger partial charge in [0.05, 0.1) is 6.10 Å². The first-order chi connectivity index (χ1) is 7.43. The number of hydrogen-bond acceptors (Lipinski definition) is 3. The van der Waals surface area contributed by atoms with Crippen molar-refractivity contribution in [1.82, 2.24) is 0 Å². The van der Waals surface area contributed by atoms with Gasteiger partial charge in [-0.25, -0.2) is 4.79 Å². The highest BCUT2D eigenvalue weighted by molar-refractivity contribution is 5.96. The van der Waals surface area contributed by atoms with E-state index < -0.39 is 12.3 Å². The molecule has 0 saturated heterocycles. The molecular formula is C11H14O5. The van der Waals surface area contributed by atoms with Gasteiger partial charge in [-0.05, 0) is 6.92 Å². The van der Waals surface area contributed by atoms with Gasteiger partial charge in [0.25, 0.3) is 0 Å². The number of aliphatic hydroxyl groups is 1. The largest absolute Gasteiger partial charge is 0.503 e. The van der Waals surface area contributed by atoms with Crippen molar-refractivity contribution in [3.8, 4) is 0 Å². The van der Waals surface area contributed by atoms with Crippen molar-refractivity contribution in [3.63, 3.8) is 0 Å². The van der Waals surface area contributed by atoms with Gasteiger partial charge in [-0.3, -0.25) is 4.79 Å². The Hall–Kier alpha value is -1.88. The average molecular weight is 226 g/mol. The van der Waals surface area contributed by atoms with Crippen LogP contribution in [-0.2, 0) is 0 Å². The van der Waals surface area contributed by atoms with Crippen molar-refractivity contribution >= 4 is 11.9 Å². The molecule has 5 heteroatoms. The molecule has 0 heterocycles. The highest BCUT2D eigenvalue weighted by Gasteiger charge is 2.07. The van der Waals surface area contributed by atoms with Gasteiger partial charge in [0.1, 0.15) is 0 Å². The van der Waals surface area contributed by atoms with Crippen molar-refractivity contribution in [2.75, 3.05) is 0 Å². The summed E-state index contributed by atoms with van der Waals surface area (Å²) in [6.07, 6.45) is -2.19. The minimum atomic E-state index is -1.83. The highest BCUT2D eigenvalue weighted by atomic mass is 16.6. The zero-order chi connectivity index (χ0) is 12.6. The number of rotatable bonds is 3. The summed E-state index contributed by atoms with van der Waals surface area (Å²) in [5.41, 5.74) is 0.665. The van der Waals surface area contributed by atoms with E-state index in [0.29, 0.717) is 5.56 Å². The summed E-state index contributed by atoms with van der Waals surface area (Å²) in [5.74, 6) is -0.00870. The van der Waals surface area contributed by atoms with E-state index in [4.69, 9.17) is 20.1 Å². The van der Waals surface area contributed by atoms with Crippen molar-refractivity contribution in [3.05, 3.63) is 35.9 Å². The second-order valence-corrected chi connectivity index (χ2v) is 3.12. The Bertz CT molecular complexity index is 327. The number of aliphatic hydroxyl groups excluding tert-OH is 1. The summed E-state index contributed by atoms with van der Waals surface area (Å²) in [5, 5.41) is 22.9. The molecule has 3 N–H and O–H groups in total. The third-order valence-corrected chi connectivity index (χ3v) is 1.58. The molecule has 0 bridgehead atoms. The van der Waals surface area contributed by atoms with Gasteiger partial charge in [0.2, 0.25) is 0 Å². The molecule has 0 amide bonds. The monoisotopic (exact) mass is 226 g/mol. The molecule has 5 nitrogen and oxygen atoms in total. The van der Waals surface area contributed by atoms with Crippen molar-refractivity contribution in [2.45, 2.75) is 19.4 Å². The fourth-order valence-electron chi connectivity index (χ4n) is 1.01. The Morgan fingerprint density at radius 3 is 2.00 bits per heavy atom. The molecule has 1 aromatic carbocycles. The van der Waals surface area contributed by atoms with E-state index in [0.717, 1.165) is 0 Å². The molecule has 16 heavy (non-hydrogen) atoms. The first-order valence-corrected chi connectivity index (χ1v) is 4.61. The molecule has 1 rings (SSSR count). The van der Waals surface area contributed by atoms with Crippen molar-refractivity contribution in [1.29, 1.82) is 0 Å². The molecule has 1 atom stereocenters. The Kier molecular flexibility index (Phi) is 6.55. The molecule has 0 aliphatic rings. The fourth-order valence-corrected chi connectivity index (χ4v) is 1.01. The molecule has 0 fully saturated rings. The van der Waals surface area contributed by atoms with E-state index in [9.17, 15) is 4.79 Å². The SMILES string of the molecule is C[C@H](O)CC(=O)c1ccccc1.O=C(O)O. The molecule has 0 spiro atoms. The lowest BCUT2D eigenvalue weighted by Crippen LogP contribution is -2.09. The third-order valence-electron chi connectivity index (χ3n) is 1.58. The average Bonchev–Trinajstić information content (AvgIpc) is 2.17. The molecule has 1 aromatic rings. The minimum Gasteiger partial charge on any atom is -0.450 e. The van der Waals surface area contributed by atoms with E-state index in [1.165, 1.54) is 0 Å². The summed E-state index contributed by atoms with van der Waals surface area (Å²) >= 11 is 0. The maximum Gasteiger partial charge on any atom is 0.503 e. The zero-order valence-electron chi connectivity index (χ0n) is 8.83. The number of carbonyl (C=O) groups excluding carboxylic acids is 1. The van der Waals surface area contributed by atoms with Gasteiger partial charge >= 0.3 is 6.16 Å². The fraction of sp³-hybridized carbons (Fsp3) is 0.273. The summed E-state index contributed by atoms with van der Waals surface area (Å²) < 4.78 is 0. The normalized spacial score (nSPS) is 10.9. The van der Waals surface area contributed by atoms with E-state index in [1.807, 2.05) is 18.2 Å². The number of hydrogen-bond donors (Lipinski definition) is 3. The second-order valence-electron chi connectivity index (χ2n) is 3.12. The Balaban J connectivity index is 0.000000487. The van der Waals surface area contributed by atoms with Gasteiger partial charge in [-0.2, -0.15) is 0 Å². The smallest absolute Gasteiger partial charge is 0.450 e. The summed E-state index contributed by atoms with van der Waals surface area (Å²) in [6, 6.07) is 9.00. The molecule has 0 unspecified atom stereocenters. The maximum absolute atomic E-state index is 11.3. The van der Waals surface area contributed by atoms with Crippen molar-refractivity contribution < 1.29 is 24.9 Å². The summed E-state index contributed by atoms with van der Waals surface area (Å²) in [7, 11) is 0. The molecular weight excluding hydrogens is 212 g/mol. The molecule has 88 valence electrons. The van der Waals surface area contributed by atoms with E-state index in [1.54, 1.807) is 19.1 Å². The van der Waals surface area contributed by atoms with Crippen LogP contribution in [0.2, 0.25) is 0 Å². The number of carbonyl (C=O) groups is 2. The number of benzene rings is 1. The van der Waals surface area contributed by atoms with Crippen LogP contribution >= 0.6 is 0 Å². The first-order valence-electron chi connectivity index (χ1n) is 4.61. The molecule has 0 aliphatic carbocycles. The van der Waals surface area contributed by atoms with Gasteiger partial charge in [-0.15, -0.1) is 0 Å². The third kappa shape index (κ3) is 7.52.